The van der Waals surface area contributed by atoms with Gasteiger partial charge in [-0.1, -0.05) is 12.1 Å². The van der Waals surface area contributed by atoms with Gasteiger partial charge in [-0.3, -0.25) is 9.78 Å². The van der Waals surface area contributed by atoms with E-state index in [0.29, 0.717) is 12.3 Å². The first-order valence-electron chi connectivity index (χ1n) is 7.21. The van der Waals surface area contributed by atoms with Crippen LogP contribution in [0, 0.1) is 5.82 Å². The number of furan rings is 1. The number of halogens is 1. The molecule has 0 radical (unpaired) electrons. The van der Waals surface area contributed by atoms with E-state index in [2.05, 4.69) is 10.3 Å². The maximum absolute atomic E-state index is 12.8. The summed E-state index contributed by atoms with van der Waals surface area (Å²) < 4.78 is 18.1. The van der Waals surface area contributed by atoms with E-state index in [9.17, 15) is 9.18 Å². The molecule has 0 unspecified atom stereocenters. The van der Waals surface area contributed by atoms with Crippen molar-refractivity contribution >= 4 is 5.91 Å². The largest absolute Gasteiger partial charge is 0.463 e. The maximum Gasteiger partial charge on any atom is 0.224 e. The molecule has 23 heavy (non-hydrogen) atoms. The van der Waals surface area contributed by atoms with Crippen LogP contribution >= 0.6 is 0 Å². The Bertz CT molecular complexity index is 783. The summed E-state index contributed by atoms with van der Waals surface area (Å²) in [7, 11) is 0. The summed E-state index contributed by atoms with van der Waals surface area (Å²) in [4.78, 5) is 16.2. The van der Waals surface area contributed by atoms with E-state index < -0.39 is 0 Å². The maximum atomic E-state index is 12.8. The fourth-order valence-electron chi connectivity index (χ4n) is 2.19. The highest BCUT2D eigenvalue weighted by molar-refractivity contribution is 5.78. The topological polar surface area (TPSA) is 55.1 Å². The first-order chi connectivity index (χ1) is 11.2. The fourth-order valence-corrected chi connectivity index (χ4v) is 2.19. The highest BCUT2D eigenvalue weighted by atomic mass is 19.1. The zero-order chi connectivity index (χ0) is 16.1. The van der Waals surface area contributed by atoms with Crippen LogP contribution in [0.15, 0.2) is 65.4 Å². The normalized spacial score (nSPS) is 10.5. The van der Waals surface area contributed by atoms with Gasteiger partial charge in [-0.2, -0.15) is 0 Å². The zero-order valence-corrected chi connectivity index (χ0v) is 12.3. The van der Waals surface area contributed by atoms with Crippen LogP contribution in [0.1, 0.15) is 11.1 Å². The minimum Gasteiger partial charge on any atom is -0.463 e. The predicted molar refractivity (Wildman–Crippen MR) is 83.9 cm³/mol. The Morgan fingerprint density at radius 3 is 2.70 bits per heavy atom. The number of carbonyl (C=O) groups is 1. The Labute approximate surface area is 133 Å². The molecule has 0 fully saturated rings. The van der Waals surface area contributed by atoms with Crippen LogP contribution in [-0.4, -0.2) is 10.9 Å². The summed E-state index contributed by atoms with van der Waals surface area (Å²) >= 11 is 0. The van der Waals surface area contributed by atoms with Gasteiger partial charge in [-0.25, -0.2) is 4.39 Å². The second kappa shape index (κ2) is 6.87. The second-order valence-corrected chi connectivity index (χ2v) is 5.11. The molecule has 0 bridgehead atoms. The number of amides is 1. The second-order valence-electron chi connectivity index (χ2n) is 5.11. The molecule has 4 nitrogen and oxygen atoms in total. The van der Waals surface area contributed by atoms with Gasteiger partial charge < -0.3 is 9.73 Å². The van der Waals surface area contributed by atoms with Crippen molar-refractivity contribution in [2.45, 2.75) is 13.0 Å². The Balaban J connectivity index is 1.58. The number of benzene rings is 1. The number of nitrogens with one attached hydrogen (secondary N) is 1. The lowest BCUT2D eigenvalue weighted by atomic mass is 10.1. The van der Waals surface area contributed by atoms with Crippen LogP contribution in [0.25, 0.3) is 11.5 Å². The molecule has 116 valence electrons. The van der Waals surface area contributed by atoms with Crippen molar-refractivity contribution in [3.63, 3.8) is 0 Å². The van der Waals surface area contributed by atoms with Crippen molar-refractivity contribution in [1.82, 2.24) is 10.3 Å². The molecule has 5 heteroatoms. The Morgan fingerprint density at radius 1 is 1.13 bits per heavy atom. The van der Waals surface area contributed by atoms with Crippen molar-refractivity contribution in [3.8, 4) is 11.5 Å². The van der Waals surface area contributed by atoms with Gasteiger partial charge in [0.15, 0.2) is 5.76 Å². The Morgan fingerprint density at radius 2 is 1.96 bits per heavy atom. The van der Waals surface area contributed by atoms with E-state index in [0.717, 1.165) is 16.8 Å². The number of nitrogens with zero attached hydrogens (tertiary/aromatic N) is 1. The molecule has 1 N–H and O–H groups in total. The molecule has 1 aromatic carbocycles. The van der Waals surface area contributed by atoms with Crippen LogP contribution in [0.4, 0.5) is 4.39 Å². The predicted octanol–water partition coefficient (Wildman–Crippen LogP) is 3.34. The molecule has 0 saturated heterocycles. The van der Waals surface area contributed by atoms with Gasteiger partial charge in [0.05, 0.1) is 12.7 Å². The fraction of sp³-hybridized carbons (Fsp3) is 0.111. The smallest absolute Gasteiger partial charge is 0.224 e. The quantitative estimate of drug-likeness (QED) is 0.786. The van der Waals surface area contributed by atoms with Crippen LogP contribution in [0.2, 0.25) is 0 Å². The van der Waals surface area contributed by atoms with Crippen molar-refractivity contribution in [3.05, 3.63) is 77.9 Å². The van der Waals surface area contributed by atoms with E-state index in [-0.39, 0.29) is 18.1 Å². The summed E-state index contributed by atoms with van der Waals surface area (Å²) in [6, 6.07) is 13.3. The summed E-state index contributed by atoms with van der Waals surface area (Å²) in [6.45, 7) is 0.399. The SMILES string of the molecule is O=C(Cc1ccc(F)cc1)NCc1ccnc(-c2ccco2)c1. The van der Waals surface area contributed by atoms with Gasteiger partial charge in [0.25, 0.3) is 0 Å². The van der Waals surface area contributed by atoms with Crippen molar-refractivity contribution < 1.29 is 13.6 Å². The molecule has 0 atom stereocenters. The summed E-state index contributed by atoms with van der Waals surface area (Å²) in [6.07, 6.45) is 3.49. The van der Waals surface area contributed by atoms with Crippen LogP contribution < -0.4 is 5.32 Å². The number of hydrogen-bond donors (Lipinski definition) is 1. The highest BCUT2D eigenvalue weighted by Gasteiger charge is 2.06. The molecule has 3 aromatic rings. The lowest BCUT2D eigenvalue weighted by molar-refractivity contribution is -0.120. The van der Waals surface area contributed by atoms with Crippen LogP contribution in [-0.2, 0) is 17.8 Å². The Hall–Kier alpha value is -2.95. The number of pyridine rings is 1. The first kappa shape index (κ1) is 15.0. The third-order valence-corrected chi connectivity index (χ3v) is 3.37. The molecular formula is C18H15FN2O2. The summed E-state index contributed by atoms with van der Waals surface area (Å²) in [5.41, 5.74) is 2.43. The minimum atomic E-state index is -0.309. The standard InChI is InChI=1S/C18H15FN2O2/c19-15-5-3-13(4-6-15)11-18(22)21-12-14-7-8-20-16(10-14)17-2-1-9-23-17/h1-10H,11-12H2,(H,21,22). The monoisotopic (exact) mass is 310 g/mol. The lowest BCUT2D eigenvalue weighted by Gasteiger charge is -2.06. The molecule has 0 aliphatic heterocycles. The van der Waals surface area contributed by atoms with Crippen molar-refractivity contribution in [2.75, 3.05) is 0 Å². The molecule has 2 aromatic heterocycles. The van der Waals surface area contributed by atoms with E-state index in [4.69, 9.17) is 4.42 Å². The molecule has 3 rings (SSSR count). The van der Waals surface area contributed by atoms with Gasteiger partial charge in [0.2, 0.25) is 5.91 Å². The molecule has 1 amide bonds. The van der Waals surface area contributed by atoms with Gasteiger partial charge in [0, 0.05) is 12.7 Å². The van der Waals surface area contributed by atoms with E-state index in [1.54, 1.807) is 30.7 Å². The number of carbonyl (C=O) groups excluding carboxylic acids is 1. The number of aromatic nitrogens is 1. The van der Waals surface area contributed by atoms with E-state index >= 15 is 0 Å². The van der Waals surface area contributed by atoms with Gasteiger partial charge in [-0.15, -0.1) is 0 Å². The third-order valence-electron chi connectivity index (χ3n) is 3.37. The number of hydrogen-bond acceptors (Lipinski definition) is 3. The van der Waals surface area contributed by atoms with Gasteiger partial charge in [0.1, 0.15) is 11.5 Å². The van der Waals surface area contributed by atoms with E-state index in [1.807, 2.05) is 18.2 Å². The van der Waals surface area contributed by atoms with Gasteiger partial charge in [-0.05, 0) is 47.5 Å². The van der Waals surface area contributed by atoms with E-state index in [1.165, 1.54) is 12.1 Å². The first-order valence-corrected chi connectivity index (χ1v) is 7.21. The molecule has 0 aliphatic rings. The molecule has 2 heterocycles. The van der Waals surface area contributed by atoms with Gasteiger partial charge >= 0.3 is 0 Å². The summed E-state index contributed by atoms with van der Waals surface area (Å²) in [5, 5.41) is 2.84. The molecule has 0 spiro atoms. The minimum absolute atomic E-state index is 0.118. The average Bonchev–Trinajstić information content (AvgIpc) is 3.10. The molecule has 0 aliphatic carbocycles. The van der Waals surface area contributed by atoms with Crippen molar-refractivity contribution in [2.24, 2.45) is 0 Å². The average molecular weight is 310 g/mol. The Kier molecular flexibility index (Phi) is 4.47. The van der Waals surface area contributed by atoms with Crippen LogP contribution in [0.3, 0.4) is 0 Å². The zero-order valence-electron chi connectivity index (χ0n) is 12.3. The molecular weight excluding hydrogens is 295 g/mol. The van der Waals surface area contributed by atoms with Crippen molar-refractivity contribution in [1.29, 1.82) is 0 Å². The highest BCUT2D eigenvalue weighted by Crippen LogP contribution is 2.17. The summed E-state index contributed by atoms with van der Waals surface area (Å²) in [5.74, 6) is 0.258. The van der Waals surface area contributed by atoms with Crippen LogP contribution in [0.5, 0.6) is 0 Å². The lowest BCUT2D eigenvalue weighted by Crippen LogP contribution is -2.24. The number of rotatable bonds is 5. The molecule has 0 saturated carbocycles. The third kappa shape index (κ3) is 4.03.